The smallest absolute Gasteiger partial charge is 0.191 e. The highest BCUT2D eigenvalue weighted by molar-refractivity contribution is 14.0. The Hall–Kier alpha value is -0.930. The van der Waals surface area contributed by atoms with Crippen molar-refractivity contribution < 1.29 is 4.39 Å². The summed E-state index contributed by atoms with van der Waals surface area (Å²) < 4.78 is 13.9. The maximum atomic E-state index is 13.9. The van der Waals surface area contributed by atoms with Gasteiger partial charge in [-0.3, -0.25) is 9.89 Å². The third-order valence-electron chi connectivity index (χ3n) is 6.39. The topological polar surface area (TPSA) is 42.9 Å². The Labute approximate surface area is 205 Å². The predicted octanol–water partition coefficient (Wildman–Crippen LogP) is 3.94. The van der Waals surface area contributed by atoms with Gasteiger partial charge in [0.1, 0.15) is 5.82 Å². The van der Waals surface area contributed by atoms with E-state index in [0.717, 1.165) is 49.9 Å². The number of hydrogen-bond donors (Lipinski definition) is 2. The van der Waals surface area contributed by atoms with E-state index in [1.54, 1.807) is 12.1 Å². The van der Waals surface area contributed by atoms with E-state index < -0.39 is 0 Å². The number of nitrogens with zero attached hydrogens (tertiary/aromatic N) is 3. The lowest BCUT2D eigenvalue weighted by Crippen LogP contribution is -2.50. The van der Waals surface area contributed by atoms with Crippen LogP contribution >= 0.6 is 24.0 Å². The van der Waals surface area contributed by atoms with Gasteiger partial charge in [0.05, 0.1) is 0 Å². The normalized spacial score (nSPS) is 20.0. The quantitative estimate of drug-likeness (QED) is 0.310. The molecule has 176 valence electrons. The fraction of sp³-hybridized carbons (Fsp3) is 0.708. The monoisotopic (exact) mass is 545 g/mol. The molecule has 31 heavy (non-hydrogen) atoms. The van der Waals surface area contributed by atoms with Crippen LogP contribution in [0.25, 0.3) is 0 Å². The van der Waals surface area contributed by atoms with Crippen molar-refractivity contribution in [1.82, 2.24) is 20.4 Å². The first kappa shape index (κ1) is 26.3. The van der Waals surface area contributed by atoms with Gasteiger partial charge in [0, 0.05) is 51.4 Å². The lowest BCUT2D eigenvalue weighted by atomic mass is 9.96. The molecule has 5 nitrogen and oxygen atoms in total. The van der Waals surface area contributed by atoms with Crippen LogP contribution in [0.2, 0.25) is 0 Å². The molecule has 0 bridgehead atoms. The summed E-state index contributed by atoms with van der Waals surface area (Å²) in [6, 6.07) is 7.64. The van der Waals surface area contributed by atoms with Crippen LogP contribution in [0, 0.1) is 17.7 Å². The first-order valence-corrected chi connectivity index (χ1v) is 11.7. The first-order chi connectivity index (χ1) is 14.5. The number of rotatable bonds is 7. The van der Waals surface area contributed by atoms with E-state index in [1.807, 2.05) is 19.2 Å². The summed E-state index contributed by atoms with van der Waals surface area (Å²) in [6.45, 7) is 11.9. The molecule has 0 atom stereocenters. The fourth-order valence-electron chi connectivity index (χ4n) is 4.62. The van der Waals surface area contributed by atoms with Crippen LogP contribution in [-0.4, -0.2) is 68.1 Å². The molecule has 0 amide bonds. The minimum absolute atomic E-state index is 0. The lowest BCUT2D eigenvalue weighted by molar-refractivity contribution is 0.175. The summed E-state index contributed by atoms with van der Waals surface area (Å²) in [5, 5.41) is 7.18. The van der Waals surface area contributed by atoms with Crippen LogP contribution in [-0.2, 0) is 6.54 Å². The number of guanidine groups is 1. The molecule has 1 aromatic rings. The molecule has 2 heterocycles. The molecule has 0 aliphatic carbocycles. The van der Waals surface area contributed by atoms with Crippen molar-refractivity contribution in [1.29, 1.82) is 0 Å². The van der Waals surface area contributed by atoms with Gasteiger partial charge in [0.25, 0.3) is 0 Å². The average molecular weight is 546 g/mol. The second-order valence-corrected chi connectivity index (χ2v) is 9.38. The second-order valence-electron chi connectivity index (χ2n) is 9.38. The van der Waals surface area contributed by atoms with Gasteiger partial charge in [-0.05, 0) is 56.7 Å². The van der Waals surface area contributed by atoms with Crippen molar-refractivity contribution in [3.8, 4) is 0 Å². The van der Waals surface area contributed by atoms with Gasteiger partial charge in [-0.2, -0.15) is 0 Å². The molecule has 2 aliphatic heterocycles. The number of aliphatic imine (C=N–C) groups is 1. The standard InChI is InChI=1S/C24H40FN5.HI/c1-19(2)17-29-14-10-22(11-15-29)28-24(26-3)27-16-20-8-12-30(13-9-20)18-21-6-4-5-7-23(21)25;/h4-7,19-20,22H,8-18H2,1-3H3,(H2,26,27,28);1H. The molecule has 1 aromatic carbocycles. The summed E-state index contributed by atoms with van der Waals surface area (Å²) in [7, 11) is 1.86. The molecule has 3 rings (SSSR count). The molecule has 2 saturated heterocycles. The van der Waals surface area contributed by atoms with Gasteiger partial charge < -0.3 is 15.5 Å². The van der Waals surface area contributed by atoms with Gasteiger partial charge in [0.15, 0.2) is 5.96 Å². The lowest BCUT2D eigenvalue weighted by Gasteiger charge is -2.35. The van der Waals surface area contributed by atoms with Crippen LogP contribution in [0.1, 0.15) is 45.1 Å². The Morgan fingerprint density at radius 2 is 1.71 bits per heavy atom. The van der Waals surface area contributed by atoms with Crippen molar-refractivity contribution in [2.75, 3.05) is 46.3 Å². The first-order valence-electron chi connectivity index (χ1n) is 11.7. The van der Waals surface area contributed by atoms with E-state index in [9.17, 15) is 4.39 Å². The van der Waals surface area contributed by atoms with Crippen molar-refractivity contribution in [3.05, 3.63) is 35.6 Å². The van der Waals surface area contributed by atoms with E-state index in [2.05, 4.69) is 39.3 Å². The fourth-order valence-corrected chi connectivity index (χ4v) is 4.62. The number of nitrogens with one attached hydrogen (secondary N) is 2. The van der Waals surface area contributed by atoms with Crippen LogP contribution in [0.5, 0.6) is 0 Å². The number of piperidine rings is 2. The summed E-state index contributed by atoms with van der Waals surface area (Å²) >= 11 is 0. The van der Waals surface area contributed by atoms with Gasteiger partial charge in [-0.1, -0.05) is 32.0 Å². The molecule has 0 spiro atoms. The summed E-state index contributed by atoms with van der Waals surface area (Å²) in [5.74, 6) is 2.23. The van der Waals surface area contributed by atoms with Gasteiger partial charge in [0.2, 0.25) is 0 Å². The molecule has 0 unspecified atom stereocenters. The number of likely N-dealkylation sites (tertiary alicyclic amines) is 2. The molecule has 0 aromatic heterocycles. The molecular weight excluding hydrogens is 504 g/mol. The Balaban J connectivity index is 0.00000341. The molecular formula is C24H41FIN5. The average Bonchev–Trinajstić information content (AvgIpc) is 2.74. The Morgan fingerprint density at radius 1 is 1.06 bits per heavy atom. The van der Waals surface area contributed by atoms with E-state index in [0.29, 0.717) is 18.5 Å². The minimum Gasteiger partial charge on any atom is -0.356 e. The molecule has 0 radical (unpaired) electrons. The van der Waals surface area contributed by atoms with Crippen LogP contribution in [0.15, 0.2) is 29.3 Å². The summed E-state index contributed by atoms with van der Waals surface area (Å²) in [6.07, 6.45) is 4.65. The van der Waals surface area contributed by atoms with Gasteiger partial charge in [-0.25, -0.2) is 4.39 Å². The SMILES string of the molecule is CN=C(NCC1CCN(Cc2ccccc2F)CC1)NC1CCN(CC(C)C)CC1.I. The molecule has 0 saturated carbocycles. The Morgan fingerprint density at radius 3 is 2.32 bits per heavy atom. The number of hydrogen-bond acceptors (Lipinski definition) is 3. The van der Waals surface area contributed by atoms with Crippen molar-refractivity contribution in [2.45, 2.75) is 52.1 Å². The predicted molar refractivity (Wildman–Crippen MR) is 139 cm³/mol. The van der Waals surface area contributed by atoms with Crippen molar-refractivity contribution in [3.63, 3.8) is 0 Å². The molecule has 2 fully saturated rings. The molecule has 2 N–H and O–H groups in total. The zero-order valence-electron chi connectivity index (χ0n) is 19.4. The minimum atomic E-state index is -0.0915. The van der Waals surface area contributed by atoms with Gasteiger partial charge in [-0.15, -0.1) is 24.0 Å². The highest BCUT2D eigenvalue weighted by atomic mass is 127. The highest BCUT2D eigenvalue weighted by Gasteiger charge is 2.22. The summed E-state index contributed by atoms with van der Waals surface area (Å²) in [5.41, 5.74) is 0.804. The van der Waals surface area contributed by atoms with E-state index in [-0.39, 0.29) is 29.8 Å². The third-order valence-corrected chi connectivity index (χ3v) is 6.39. The maximum absolute atomic E-state index is 13.9. The zero-order chi connectivity index (χ0) is 21.3. The van der Waals surface area contributed by atoms with Crippen molar-refractivity contribution in [2.24, 2.45) is 16.8 Å². The number of benzene rings is 1. The van der Waals surface area contributed by atoms with Gasteiger partial charge >= 0.3 is 0 Å². The maximum Gasteiger partial charge on any atom is 0.191 e. The third kappa shape index (κ3) is 8.85. The van der Waals surface area contributed by atoms with E-state index >= 15 is 0 Å². The second kappa shape index (κ2) is 13.6. The Kier molecular flexibility index (Phi) is 11.5. The number of halogens is 2. The largest absolute Gasteiger partial charge is 0.356 e. The highest BCUT2D eigenvalue weighted by Crippen LogP contribution is 2.19. The van der Waals surface area contributed by atoms with Crippen LogP contribution in [0.4, 0.5) is 4.39 Å². The van der Waals surface area contributed by atoms with E-state index in [4.69, 9.17) is 0 Å². The van der Waals surface area contributed by atoms with Crippen LogP contribution in [0.3, 0.4) is 0 Å². The molecule has 2 aliphatic rings. The Bertz CT molecular complexity index is 668. The summed E-state index contributed by atoms with van der Waals surface area (Å²) in [4.78, 5) is 9.39. The van der Waals surface area contributed by atoms with Crippen LogP contribution < -0.4 is 10.6 Å². The van der Waals surface area contributed by atoms with E-state index in [1.165, 1.54) is 32.5 Å². The molecule has 7 heteroatoms. The zero-order valence-corrected chi connectivity index (χ0v) is 21.8. The van der Waals surface area contributed by atoms with Crippen molar-refractivity contribution >= 4 is 29.9 Å².